The summed E-state index contributed by atoms with van der Waals surface area (Å²) in [5.74, 6) is -3.54. The van der Waals surface area contributed by atoms with Crippen molar-refractivity contribution < 1.29 is 24.2 Å². The fourth-order valence-corrected chi connectivity index (χ4v) is 3.31. The van der Waals surface area contributed by atoms with Gasteiger partial charge in [0, 0.05) is 11.5 Å². The van der Waals surface area contributed by atoms with Crippen molar-refractivity contribution in [2.24, 2.45) is 11.3 Å². The van der Waals surface area contributed by atoms with Crippen molar-refractivity contribution in [3.63, 3.8) is 0 Å². The first-order valence-electron chi connectivity index (χ1n) is 7.50. The van der Waals surface area contributed by atoms with Crippen LogP contribution in [0, 0.1) is 17.2 Å². The maximum Gasteiger partial charge on any atom is 0.332 e. The van der Waals surface area contributed by atoms with Crippen LogP contribution in [0.4, 0.5) is 4.39 Å². The summed E-state index contributed by atoms with van der Waals surface area (Å²) < 4.78 is 13.6. The molecule has 1 aromatic carbocycles. The highest BCUT2D eigenvalue weighted by Crippen LogP contribution is 2.51. The Balaban J connectivity index is 2.24. The lowest BCUT2D eigenvalue weighted by atomic mass is 9.65. The zero-order chi connectivity index (χ0) is 16.8. The summed E-state index contributed by atoms with van der Waals surface area (Å²) in [6.07, 6.45) is 4.97. The van der Waals surface area contributed by atoms with Crippen LogP contribution in [-0.4, -0.2) is 22.2 Å². The van der Waals surface area contributed by atoms with E-state index in [9.17, 15) is 24.2 Å². The van der Waals surface area contributed by atoms with Crippen LogP contribution in [0.15, 0.2) is 47.6 Å². The zero-order valence-electron chi connectivity index (χ0n) is 12.6. The number of halogens is 1. The molecule has 0 heterocycles. The summed E-state index contributed by atoms with van der Waals surface area (Å²) in [4.78, 5) is 23.7. The van der Waals surface area contributed by atoms with Crippen molar-refractivity contribution in [2.45, 2.75) is 25.7 Å². The monoisotopic (exact) mass is 316 g/mol. The fraction of sp³-hybridized carbons (Fsp3) is 0.333. The fourth-order valence-electron chi connectivity index (χ4n) is 3.31. The molecule has 2 N–H and O–H groups in total. The van der Waals surface area contributed by atoms with Gasteiger partial charge in [0.2, 0.25) is 0 Å². The molecule has 1 aromatic rings. The summed E-state index contributed by atoms with van der Waals surface area (Å²) in [5.41, 5.74) is -0.314. The number of carboxylic acid groups (broad SMARTS) is 2. The first kappa shape index (κ1) is 15.5. The highest BCUT2D eigenvalue weighted by atomic mass is 19.1. The lowest BCUT2D eigenvalue weighted by Crippen LogP contribution is -2.38. The topological polar surface area (TPSA) is 74.6 Å². The molecule has 0 spiro atoms. The molecular weight excluding hydrogens is 299 g/mol. The highest BCUT2D eigenvalue weighted by molar-refractivity contribution is 5.94. The third-order valence-electron chi connectivity index (χ3n) is 4.70. The summed E-state index contributed by atoms with van der Waals surface area (Å²) in [6.45, 7) is 1.48. The number of carbonyl (C=O) groups is 2. The van der Waals surface area contributed by atoms with Crippen LogP contribution in [0.25, 0.3) is 0 Å². The number of carboxylic acids is 2. The minimum atomic E-state index is -1.43. The number of aliphatic carboxylic acids is 2. The zero-order valence-corrected chi connectivity index (χ0v) is 12.6. The molecule has 0 aliphatic heterocycles. The number of rotatable bonds is 4. The van der Waals surface area contributed by atoms with Crippen LogP contribution >= 0.6 is 0 Å². The van der Waals surface area contributed by atoms with Gasteiger partial charge >= 0.3 is 11.9 Å². The van der Waals surface area contributed by atoms with E-state index < -0.39 is 29.1 Å². The number of allylic oxidation sites excluding steroid dienone is 2. The molecule has 2 aliphatic carbocycles. The molecule has 2 unspecified atom stereocenters. The average Bonchev–Trinajstić information content (AvgIpc) is 3.31. The second-order valence-electron chi connectivity index (χ2n) is 6.36. The van der Waals surface area contributed by atoms with Gasteiger partial charge in [0.05, 0.1) is 5.41 Å². The van der Waals surface area contributed by atoms with Crippen LogP contribution < -0.4 is 0 Å². The van der Waals surface area contributed by atoms with E-state index in [1.165, 1.54) is 25.1 Å². The second kappa shape index (κ2) is 5.33. The van der Waals surface area contributed by atoms with Gasteiger partial charge in [0.15, 0.2) is 0 Å². The summed E-state index contributed by atoms with van der Waals surface area (Å²) >= 11 is 0. The van der Waals surface area contributed by atoms with Crippen LogP contribution in [-0.2, 0) is 9.59 Å². The molecule has 0 aromatic heterocycles. The van der Waals surface area contributed by atoms with Crippen molar-refractivity contribution in [1.82, 2.24) is 0 Å². The summed E-state index contributed by atoms with van der Waals surface area (Å²) in [7, 11) is 0. The van der Waals surface area contributed by atoms with Crippen molar-refractivity contribution in [1.29, 1.82) is 0 Å². The van der Waals surface area contributed by atoms with Gasteiger partial charge in [-0.05, 0) is 49.0 Å². The van der Waals surface area contributed by atoms with Gasteiger partial charge in [-0.2, -0.15) is 0 Å². The molecule has 3 rings (SSSR count). The molecule has 5 heteroatoms. The van der Waals surface area contributed by atoms with Crippen LogP contribution in [0.3, 0.4) is 0 Å². The molecule has 0 saturated heterocycles. The predicted molar refractivity (Wildman–Crippen MR) is 81.4 cm³/mol. The summed E-state index contributed by atoms with van der Waals surface area (Å²) in [6, 6.07) is 5.54. The molecule has 2 aliphatic rings. The Morgan fingerprint density at radius 2 is 1.96 bits per heavy atom. The van der Waals surface area contributed by atoms with E-state index in [0.29, 0.717) is 11.1 Å². The minimum absolute atomic E-state index is 0.0745. The van der Waals surface area contributed by atoms with Crippen molar-refractivity contribution in [3.8, 4) is 0 Å². The Kier molecular flexibility index (Phi) is 3.59. The van der Waals surface area contributed by atoms with E-state index in [0.717, 1.165) is 12.8 Å². The van der Waals surface area contributed by atoms with E-state index in [1.807, 2.05) is 0 Å². The predicted octanol–water partition coefficient (Wildman–Crippen LogP) is 3.36. The molecule has 1 saturated carbocycles. The van der Waals surface area contributed by atoms with Crippen molar-refractivity contribution in [3.05, 3.63) is 58.9 Å². The second-order valence-corrected chi connectivity index (χ2v) is 6.36. The standard InChI is InChI=1S/C18H17FO4/c1-18(17(22)23)8-7-13(10-5-6-10)14(16(20)21)15(18)11-3-2-4-12(19)9-11/h2-4,7-10,15H,5-6H2,1H3,(H,20,21)(H,22,23). The minimum Gasteiger partial charge on any atom is -0.481 e. The van der Waals surface area contributed by atoms with Crippen LogP contribution in [0.2, 0.25) is 0 Å². The Bertz CT molecular complexity index is 745. The third kappa shape index (κ3) is 2.56. The molecule has 1 fully saturated rings. The lowest BCUT2D eigenvalue weighted by Gasteiger charge is -2.36. The van der Waals surface area contributed by atoms with E-state index in [-0.39, 0.29) is 11.5 Å². The normalized spacial score (nSPS) is 27.1. The van der Waals surface area contributed by atoms with Crippen molar-refractivity contribution >= 4 is 11.9 Å². The van der Waals surface area contributed by atoms with E-state index in [1.54, 1.807) is 18.2 Å². The molecule has 2 atom stereocenters. The first-order chi connectivity index (χ1) is 10.8. The van der Waals surface area contributed by atoms with E-state index in [4.69, 9.17) is 0 Å². The SMILES string of the molecule is CC1(C(=O)O)C=CC(C2CC2)=C(C(=O)O)C1c1cccc(F)c1. The molecular formula is C18H17FO4. The van der Waals surface area contributed by atoms with Gasteiger partial charge in [-0.1, -0.05) is 24.3 Å². The quantitative estimate of drug-likeness (QED) is 0.893. The van der Waals surface area contributed by atoms with Gasteiger partial charge in [-0.15, -0.1) is 0 Å². The number of hydrogen-bond acceptors (Lipinski definition) is 2. The first-order valence-corrected chi connectivity index (χ1v) is 7.50. The van der Waals surface area contributed by atoms with Crippen molar-refractivity contribution in [2.75, 3.05) is 0 Å². The Labute approximate surface area is 132 Å². The number of benzene rings is 1. The largest absolute Gasteiger partial charge is 0.481 e. The molecule has 4 nitrogen and oxygen atoms in total. The maximum absolute atomic E-state index is 13.6. The number of hydrogen-bond donors (Lipinski definition) is 2. The van der Waals surface area contributed by atoms with Gasteiger partial charge in [0.1, 0.15) is 5.82 Å². The Morgan fingerprint density at radius 1 is 1.26 bits per heavy atom. The molecule has 0 amide bonds. The molecule has 0 bridgehead atoms. The lowest BCUT2D eigenvalue weighted by molar-refractivity contribution is -0.146. The van der Waals surface area contributed by atoms with Gasteiger partial charge < -0.3 is 10.2 Å². The smallest absolute Gasteiger partial charge is 0.332 e. The maximum atomic E-state index is 13.6. The highest BCUT2D eigenvalue weighted by Gasteiger charge is 2.48. The Morgan fingerprint density at radius 3 is 2.48 bits per heavy atom. The molecule has 0 radical (unpaired) electrons. The van der Waals surface area contributed by atoms with E-state index in [2.05, 4.69) is 0 Å². The summed E-state index contributed by atoms with van der Waals surface area (Å²) in [5, 5.41) is 19.4. The van der Waals surface area contributed by atoms with Gasteiger partial charge in [-0.25, -0.2) is 9.18 Å². The van der Waals surface area contributed by atoms with E-state index >= 15 is 0 Å². The third-order valence-corrected chi connectivity index (χ3v) is 4.70. The Hall–Kier alpha value is -2.43. The molecule has 120 valence electrons. The van der Waals surface area contributed by atoms with Gasteiger partial charge in [-0.3, -0.25) is 4.79 Å². The van der Waals surface area contributed by atoms with Gasteiger partial charge in [0.25, 0.3) is 0 Å². The molecule has 23 heavy (non-hydrogen) atoms. The average molecular weight is 316 g/mol. The van der Waals surface area contributed by atoms with Crippen LogP contribution in [0.1, 0.15) is 31.2 Å². The van der Waals surface area contributed by atoms with Crippen LogP contribution in [0.5, 0.6) is 0 Å².